The number of imidazole rings is 1. The molecule has 1 N–H and O–H groups in total. The van der Waals surface area contributed by atoms with E-state index in [-0.39, 0.29) is 5.91 Å². The van der Waals surface area contributed by atoms with Crippen LogP contribution in [0.25, 0.3) is 11.7 Å². The summed E-state index contributed by atoms with van der Waals surface area (Å²) in [6.45, 7) is 0.639. The number of thioether (sulfide) groups is 1. The third-order valence-corrected chi connectivity index (χ3v) is 5.63. The summed E-state index contributed by atoms with van der Waals surface area (Å²) in [5.74, 6) is 1.74. The standard InChI is InChI=1S/C17H16ClN3OS2/c18-17-14(21-9-2-1-5-15(21)20-17)6-7-16(22)19-8-11-23-12-13-4-3-10-24-13/h1-7,9-10H,8,11-12H2,(H,19,22)/b7-6+. The average molecular weight is 378 g/mol. The van der Waals surface area contributed by atoms with Crippen molar-refractivity contribution >= 4 is 52.3 Å². The number of carbonyl (C=O) groups is 1. The number of pyridine rings is 1. The quantitative estimate of drug-likeness (QED) is 0.497. The van der Waals surface area contributed by atoms with Gasteiger partial charge in [-0.15, -0.1) is 11.3 Å². The van der Waals surface area contributed by atoms with Crippen LogP contribution >= 0.6 is 34.7 Å². The maximum absolute atomic E-state index is 11.9. The zero-order valence-corrected chi connectivity index (χ0v) is 15.2. The van der Waals surface area contributed by atoms with Crippen LogP contribution in [0.15, 0.2) is 48.0 Å². The second-order valence-corrected chi connectivity index (χ2v) is 7.47. The van der Waals surface area contributed by atoms with E-state index < -0.39 is 0 Å². The first kappa shape index (κ1) is 17.1. The topological polar surface area (TPSA) is 46.4 Å². The summed E-state index contributed by atoms with van der Waals surface area (Å²) in [7, 11) is 0. The SMILES string of the molecule is O=C(/C=C/c1c(Cl)nc2ccccn12)NCCSCc1cccs1. The molecular weight excluding hydrogens is 362 g/mol. The number of thiophene rings is 1. The molecule has 3 aromatic rings. The molecule has 3 aromatic heterocycles. The van der Waals surface area contributed by atoms with Crippen molar-refractivity contribution in [3.63, 3.8) is 0 Å². The first-order chi connectivity index (χ1) is 11.7. The molecule has 124 valence electrons. The highest BCUT2D eigenvalue weighted by atomic mass is 35.5. The average Bonchev–Trinajstić information content (AvgIpc) is 3.19. The van der Waals surface area contributed by atoms with Gasteiger partial charge in [0.15, 0.2) is 5.15 Å². The smallest absolute Gasteiger partial charge is 0.244 e. The Kier molecular flexibility index (Phi) is 5.96. The summed E-state index contributed by atoms with van der Waals surface area (Å²) < 4.78 is 1.85. The minimum atomic E-state index is -0.131. The Bertz CT molecular complexity index is 843. The summed E-state index contributed by atoms with van der Waals surface area (Å²) in [6.07, 6.45) is 5.05. The van der Waals surface area contributed by atoms with E-state index >= 15 is 0 Å². The van der Waals surface area contributed by atoms with Crippen molar-refractivity contribution in [1.82, 2.24) is 14.7 Å². The summed E-state index contributed by atoms with van der Waals surface area (Å²) >= 11 is 9.69. The van der Waals surface area contributed by atoms with Crippen molar-refractivity contribution in [2.24, 2.45) is 0 Å². The third kappa shape index (κ3) is 4.41. The number of amides is 1. The lowest BCUT2D eigenvalue weighted by Crippen LogP contribution is -2.23. The lowest BCUT2D eigenvalue weighted by atomic mass is 10.3. The van der Waals surface area contributed by atoms with Gasteiger partial charge in [0.25, 0.3) is 0 Å². The van der Waals surface area contributed by atoms with E-state index in [9.17, 15) is 4.79 Å². The molecule has 0 aliphatic heterocycles. The van der Waals surface area contributed by atoms with E-state index in [2.05, 4.69) is 27.8 Å². The maximum atomic E-state index is 11.9. The molecule has 0 bridgehead atoms. The van der Waals surface area contributed by atoms with E-state index in [1.54, 1.807) is 17.4 Å². The molecule has 3 rings (SSSR count). The highest BCUT2D eigenvalue weighted by Gasteiger charge is 2.07. The summed E-state index contributed by atoms with van der Waals surface area (Å²) in [6, 6.07) is 9.84. The van der Waals surface area contributed by atoms with Gasteiger partial charge in [-0.1, -0.05) is 23.7 Å². The molecule has 7 heteroatoms. The van der Waals surface area contributed by atoms with Gasteiger partial charge in [-0.05, 0) is 29.7 Å². The van der Waals surface area contributed by atoms with Crippen LogP contribution in [0, 0.1) is 0 Å². The van der Waals surface area contributed by atoms with Gasteiger partial charge in [0.2, 0.25) is 5.91 Å². The summed E-state index contributed by atoms with van der Waals surface area (Å²) in [4.78, 5) is 17.5. The molecule has 24 heavy (non-hydrogen) atoms. The van der Waals surface area contributed by atoms with Crippen LogP contribution in [0.5, 0.6) is 0 Å². The number of nitrogens with one attached hydrogen (secondary N) is 1. The molecule has 0 radical (unpaired) electrons. The first-order valence-electron chi connectivity index (χ1n) is 7.42. The number of hydrogen-bond acceptors (Lipinski definition) is 4. The van der Waals surface area contributed by atoms with Crippen molar-refractivity contribution in [3.8, 4) is 0 Å². The zero-order valence-electron chi connectivity index (χ0n) is 12.8. The Morgan fingerprint density at radius 1 is 1.38 bits per heavy atom. The molecule has 1 amide bonds. The second kappa shape index (κ2) is 8.37. The molecule has 0 unspecified atom stereocenters. The van der Waals surface area contributed by atoms with Crippen LogP contribution in [0.3, 0.4) is 0 Å². The van der Waals surface area contributed by atoms with E-state index in [0.717, 1.165) is 17.2 Å². The van der Waals surface area contributed by atoms with Crippen LogP contribution in [-0.4, -0.2) is 27.6 Å². The number of fused-ring (bicyclic) bond motifs is 1. The molecule has 4 nitrogen and oxygen atoms in total. The predicted octanol–water partition coefficient (Wildman–Crippen LogP) is 4.11. The van der Waals surface area contributed by atoms with Gasteiger partial charge in [-0.2, -0.15) is 11.8 Å². The predicted molar refractivity (Wildman–Crippen MR) is 103 cm³/mol. The van der Waals surface area contributed by atoms with E-state index in [1.165, 1.54) is 11.0 Å². The van der Waals surface area contributed by atoms with Crippen molar-refractivity contribution in [3.05, 3.63) is 63.7 Å². The van der Waals surface area contributed by atoms with Crippen LogP contribution in [-0.2, 0) is 10.5 Å². The lowest BCUT2D eigenvalue weighted by Gasteiger charge is -2.02. The van der Waals surface area contributed by atoms with Gasteiger partial charge in [0.05, 0.1) is 5.69 Å². The molecule has 0 saturated heterocycles. The highest BCUT2D eigenvalue weighted by Crippen LogP contribution is 2.19. The Morgan fingerprint density at radius 3 is 3.12 bits per heavy atom. The number of halogens is 1. The summed E-state index contributed by atoms with van der Waals surface area (Å²) in [5.41, 5.74) is 1.46. The first-order valence-corrected chi connectivity index (χ1v) is 9.84. The fourth-order valence-corrected chi connectivity index (χ4v) is 4.10. The minimum Gasteiger partial charge on any atom is -0.352 e. The van der Waals surface area contributed by atoms with Gasteiger partial charge >= 0.3 is 0 Å². The molecule has 0 atom stereocenters. The number of carbonyl (C=O) groups excluding carboxylic acids is 1. The van der Waals surface area contributed by atoms with Gasteiger partial charge in [0, 0.05) is 35.2 Å². The normalized spacial score (nSPS) is 11.4. The van der Waals surface area contributed by atoms with Crippen molar-refractivity contribution in [2.75, 3.05) is 12.3 Å². The maximum Gasteiger partial charge on any atom is 0.244 e. The van der Waals surface area contributed by atoms with Gasteiger partial charge < -0.3 is 5.32 Å². The molecule has 3 heterocycles. The second-order valence-electron chi connectivity index (χ2n) is 4.97. The van der Waals surface area contributed by atoms with Crippen LogP contribution < -0.4 is 5.32 Å². The Hall–Kier alpha value is -1.76. The van der Waals surface area contributed by atoms with Crippen molar-refractivity contribution in [2.45, 2.75) is 5.75 Å². The highest BCUT2D eigenvalue weighted by molar-refractivity contribution is 7.98. The van der Waals surface area contributed by atoms with Crippen molar-refractivity contribution in [1.29, 1.82) is 0 Å². The Balaban J connectivity index is 1.47. The molecule has 0 fully saturated rings. The van der Waals surface area contributed by atoms with Crippen LogP contribution in [0.1, 0.15) is 10.6 Å². The van der Waals surface area contributed by atoms with E-state index in [4.69, 9.17) is 11.6 Å². The van der Waals surface area contributed by atoms with Crippen molar-refractivity contribution < 1.29 is 4.79 Å². The fourth-order valence-electron chi connectivity index (χ4n) is 2.16. The Morgan fingerprint density at radius 2 is 2.29 bits per heavy atom. The molecule has 0 aliphatic rings. The summed E-state index contributed by atoms with van der Waals surface area (Å²) in [5, 5.41) is 5.34. The Labute approximate surface area is 153 Å². The number of hydrogen-bond donors (Lipinski definition) is 1. The lowest BCUT2D eigenvalue weighted by molar-refractivity contribution is -0.116. The third-order valence-electron chi connectivity index (χ3n) is 3.28. The molecular formula is C17H16ClN3OS2. The van der Waals surface area contributed by atoms with Crippen LogP contribution in [0.4, 0.5) is 0 Å². The number of rotatable bonds is 7. The van der Waals surface area contributed by atoms with Gasteiger partial charge in [-0.3, -0.25) is 9.20 Å². The molecule has 0 aliphatic carbocycles. The molecule has 0 saturated carbocycles. The zero-order chi connectivity index (χ0) is 16.8. The minimum absolute atomic E-state index is 0.131. The number of nitrogens with zero attached hydrogens (tertiary/aromatic N) is 2. The monoisotopic (exact) mass is 377 g/mol. The largest absolute Gasteiger partial charge is 0.352 e. The molecule has 0 spiro atoms. The van der Waals surface area contributed by atoms with Crippen LogP contribution in [0.2, 0.25) is 5.15 Å². The number of aromatic nitrogens is 2. The fraction of sp³-hybridized carbons (Fsp3) is 0.176. The van der Waals surface area contributed by atoms with E-state index in [0.29, 0.717) is 17.4 Å². The van der Waals surface area contributed by atoms with Gasteiger partial charge in [0.1, 0.15) is 5.65 Å². The van der Waals surface area contributed by atoms with E-state index in [1.807, 2.05) is 40.6 Å². The molecule has 0 aromatic carbocycles. The van der Waals surface area contributed by atoms with Gasteiger partial charge in [-0.25, -0.2) is 4.98 Å².